The minimum absolute atomic E-state index is 0.0323. The first kappa shape index (κ1) is 12.8. The van der Waals surface area contributed by atoms with Crippen molar-refractivity contribution in [2.45, 2.75) is 45.3 Å². The maximum atomic E-state index is 11.4. The molecular weight excluding hydrogens is 208 g/mol. The fourth-order valence-electron chi connectivity index (χ4n) is 1.63. The molecule has 0 aliphatic heterocycles. The molecular formula is C11H20N2O3. The summed E-state index contributed by atoms with van der Waals surface area (Å²) in [5.74, 6) is 0.0761. The number of alkyl carbamates (subject to hydrolysis) is 1. The zero-order chi connectivity index (χ0) is 12.3. The van der Waals surface area contributed by atoms with Gasteiger partial charge in [-0.25, -0.2) is 4.79 Å². The molecule has 1 aliphatic carbocycles. The third-order valence-electron chi connectivity index (χ3n) is 2.48. The fourth-order valence-corrected chi connectivity index (χ4v) is 1.63. The molecule has 1 fully saturated rings. The lowest BCUT2D eigenvalue weighted by molar-refractivity contribution is -0.127. The van der Waals surface area contributed by atoms with E-state index in [-0.39, 0.29) is 17.9 Å². The Bertz CT molecular complexity index is 277. The molecule has 0 saturated heterocycles. The number of hydrogen-bond donors (Lipinski definition) is 2. The molecule has 0 radical (unpaired) electrons. The predicted octanol–water partition coefficient (Wildman–Crippen LogP) is 1.04. The number of hydrogen-bond acceptors (Lipinski definition) is 3. The average molecular weight is 228 g/mol. The first-order valence-electron chi connectivity index (χ1n) is 5.53. The topological polar surface area (TPSA) is 67.4 Å². The highest BCUT2D eigenvalue weighted by Gasteiger charge is 2.35. The molecule has 92 valence electrons. The van der Waals surface area contributed by atoms with Crippen LogP contribution in [-0.2, 0) is 9.53 Å². The quantitative estimate of drug-likeness (QED) is 0.742. The van der Waals surface area contributed by atoms with E-state index in [9.17, 15) is 9.59 Å². The summed E-state index contributed by atoms with van der Waals surface area (Å²) in [7, 11) is 1.62. The van der Waals surface area contributed by atoms with Gasteiger partial charge in [0, 0.05) is 19.0 Å². The number of ether oxygens (including phenoxy) is 1. The normalized spacial score (nSPS) is 24.2. The Kier molecular flexibility index (Phi) is 3.78. The van der Waals surface area contributed by atoms with Gasteiger partial charge in [0.2, 0.25) is 5.91 Å². The van der Waals surface area contributed by atoms with Gasteiger partial charge in [0.25, 0.3) is 0 Å². The van der Waals surface area contributed by atoms with Crippen molar-refractivity contribution in [1.82, 2.24) is 10.6 Å². The summed E-state index contributed by atoms with van der Waals surface area (Å²) in [4.78, 5) is 22.6. The average Bonchev–Trinajstić information content (AvgIpc) is 2.06. The van der Waals surface area contributed by atoms with Crippen LogP contribution in [0, 0.1) is 5.92 Å². The molecule has 0 unspecified atom stereocenters. The minimum Gasteiger partial charge on any atom is -0.444 e. The van der Waals surface area contributed by atoms with Gasteiger partial charge in [-0.05, 0) is 33.6 Å². The monoisotopic (exact) mass is 228 g/mol. The van der Waals surface area contributed by atoms with Crippen molar-refractivity contribution in [1.29, 1.82) is 0 Å². The lowest BCUT2D eigenvalue weighted by Crippen LogP contribution is -2.49. The van der Waals surface area contributed by atoms with E-state index in [2.05, 4.69) is 10.6 Å². The van der Waals surface area contributed by atoms with Crippen LogP contribution in [0.4, 0.5) is 4.79 Å². The Hall–Kier alpha value is -1.26. The first-order valence-corrected chi connectivity index (χ1v) is 5.53. The van der Waals surface area contributed by atoms with Crippen LogP contribution in [-0.4, -0.2) is 30.7 Å². The molecule has 16 heavy (non-hydrogen) atoms. The summed E-state index contributed by atoms with van der Waals surface area (Å²) in [6, 6.07) is 0.0668. The van der Waals surface area contributed by atoms with Crippen LogP contribution in [0.3, 0.4) is 0 Å². The summed E-state index contributed by atoms with van der Waals surface area (Å²) in [6.07, 6.45) is 0.977. The lowest BCUT2D eigenvalue weighted by Gasteiger charge is -2.34. The smallest absolute Gasteiger partial charge is 0.407 e. The van der Waals surface area contributed by atoms with E-state index in [1.165, 1.54) is 0 Å². The first-order chi connectivity index (χ1) is 7.31. The molecule has 0 spiro atoms. The zero-order valence-corrected chi connectivity index (χ0v) is 10.3. The molecule has 1 aliphatic rings. The standard InChI is InChI=1S/C11H20N2O3/c1-11(2,3)16-10(15)13-8-5-7(6-8)9(14)12-4/h7-8H,5-6H2,1-4H3,(H,12,14)(H,13,15). The predicted molar refractivity (Wildman–Crippen MR) is 59.9 cm³/mol. The molecule has 0 heterocycles. The molecule has 0 aromatic carbocycles. The summed E-state index contributed by atoms with van der Waals surface area (Å²) < 4.78 is 5.12. The lowest BCUT2D eigenvalue weighted by atomic mass is 9.80. The Morgan fingerprint density at radius 3 is 2.25 bits per heavy atom. The molecule has 0 bridgehead atoms. The summed E-state index contributed by atoms with van der Waals surface area (Å²) in [5, 5.41) is 5.34. The number of rotatable bonds is 2. The van der Waals surface area contributed by atoms with E-state index >= 15 is 0 Å². The van der Waals surface area contributed by atoms with Gasteiger partial charge in [-0.2, -0.15) is 0 Å². The van der Waals surface area contributed by atoms with E-state index in [0.29, 0.717) is 12.8 Å². The number of carbonyl (C=O) groups excluding carboxylic acids is 2. The van der Waals surface area contributed by atoms with Gasteiger partial charge >= 0.3 is 6.09 Å². The molecule has 2 amide bonds. The Balaban J connectivity index is 2.22. The van der Waals surface area contributed by atoms with Gasteiger partial charge in [-0.3, -0.25) is 4.79 Å². The highest BCUT2D eigenvalue weighted by Crippen LogP contribution is 2.27. The van der Waals surface area contributed by atoms with Crippen LogP contribution < -0.4 is 10.6 Å². The van der Waals surface area contributed by atoms with E-state index in [1.807, 2.05) is 20.8 Å². The summed E-state index contributed by atoms with van der Waals surface area (Å²) in [6.45, 7) is 5.46. The van der Waals surface area contributed by atoms with Crippen molar-refractivity contribution < 1.29 is 14.3 Å². The largest absolute Gasteiger partial charge is 0.444 e. The van der Waals surface area contributed by atoms with Crippen molar-refractivity contribution in [2.24, 2.45) is 5.92 Å². The van der Waals surface area contributed by atoms with Gasteiger partial charge in [-0.1, -0.05) is 0 Å². The van der Waals surface area contributed by atoms with Crippen molar-refractivity contribution in [3.8, 4) is 0 Å². The van der Waals surface area contributed by atoms with Crippen LogP contribution in [0.25, 0.3) is 0 Å². The van der Waals surface area contributed by atoms with Crippen molar-refractivity contribution in [3.05, 3.63) is 0 Å². The zero-order valence-electron chi connectivity index (χ0n) is 10.3. The Morgan fingerprint density at radius 1 is 1.25 bits per heavy atom. The van der Waals surface area contributed by atoms with E-state index in [4.69, 9.17) is 4.74 Å². The Morgan fingerprint density at radius 2 is 1.81 bits per heavy atom. The molecule has 0 atom stereocenters. The molecule has 5 heteroatoms. The van der Waals surface area contributed by atoms with Gasteiger partial charge in [0.1, 0.15) is 5.60 Å². The van der Waals surface area contributed by atoms with Crippen molar-refractivity contribution in [3.63, 3.8) is 0 Å². The molecule has 1 saturated carbocycles. The van der Waals surface area contributed by atoms with Gasteiger partial charge in [0.15, 0.2) is 0 Å². The number of nitrogens with one attached hydrogen (secondary N) is 2. The van der Waals surface area contributed by atoms with E-state index in [1.54, 1.807) is 7.05 Å². The summed E-state index contributed by atoms with van der Waals surface area (Å²) in [5.41, 5.74) is -0.478. The third kappa shape index (κ3) is 3.72. The molecule has 1 rings (SSSR count). The second-order valence-electron chi connectivity index (χ2n) is 5.13. The molecule has 5 nitrogen and oxygen atoms in total. The molecule has 0 aromatic heterocycles. The minimum atomic E-state index is -0.478. The van der Waals surface area contributed by atoms with E-state index in [0.717, 1.165) is 0 Å². The van der Waals surface area contributed by atoms with Crippen LogP contribution in [0.15, 0.2) is 0 Å². The third-order valence-corrected chi connectivity index (χ3v) is 2.48. The molecule has 2 N–H and O–H groups in total. The van der Waals surface area contributed by atoms with E-state index < -0.39 is 11.7 Å². The maximum absolute atomic E-state index is 11.4. The van der Waals surface area contributed by atoms with Crippen molar-refractivity contribution >= 4 is 12.0 Å². The highest BCUT2D eigenvalue weighted by atomic mass is 16.6. The summed E-state index contributed by atoms with van der Waals surface area (Å²) >= 11 is 0. The number of carbonyl (C=O) groups is 2. The number of amides is 2. The van der Waals surface area contributed by atoms with Crippen LogP contribution in [0.5, 0.6) is 0 Å². The SMILES string of the molecule is CNC(=O)C1CC(NC(=O)OC(C)(C)C)C1. The Labute approximate surface area is 95.9 Å². The molecule has 0 aromatic rings. The van der Waals surface area contributed by atoms with Crippen LogP contribution in [0.1, 0.15) is 33.6 Å². The van der Waals surface area contributed by atoms with Crippen molar-refractivity contribution in [2.75, 3.05) is 7.05 Å². The van der Waals surface area contributed by atoms with Gasteiger partial charge in [0.05, 0.1) is 0 Å². The second-order valence-corrected chi connectivity index (χ2v) is 5.13. The van der Waals surface area contributed by atoms with Gasteiger partial charge < -0.3 is 15.4 Å². The fraction of sp³-hybridized carbons (Fsp3) is 0.818. The van der Waals surface area contributed by atoms with Gasteiger partial charge in [-0.15, -0.1) is 0 Å². The van der Waals surface area contributed by atoms with Crippen LogP contribution >= 0.6 is 0 Å². The second kappa shape index (κ2) is 4.72. The van der Waals surface area contributed by atoms with Crippen LogP contribution in [0.2, 0.25) is 0 Å². The maximum Gasteiger partial charge on any atom is 0.407 e. The highest BCUT2D eigenvalue weighted by molar-refractivity contribution is 5.79.